The van der Waals surface area contributed by atoms with Crippen molar-refractivity contribution in [2.24, 2.45) is 5.16 Å². The molecule has 2 aliphatic heterocycles. The summed E-state index contributed by atoms with van der Waals surface area (Å²) >= 11 is 0. The minimum atomic E-state index is -0.625. The van der Waals surface area contributed by atoms with Crippen molar-refractivity contribution in [1.82, 2.24) is 4.90 Å². The summed E-state index contributed by atoms with van der Waals surface area (Å²) < 4.78 is 27.0. The lowest BCUT2D eigenvalue weighted by molar-refractivity contribution is -0.141. The zero-order valence-corrected chi connectivity index (χ0v) is 14.8. The monoisotopic (exact) mass is 370 g/mol. The highest BCUT2D eigenvalue weighted by Crippen LogP contribution is 2.30. The molecule has 0 saturated carbocycles. The molecule has 140 valence electrons. The Kier molecular flexibility index (Phi) is 4.88. The molecule has 2 aromatic carbocycles. The summed E-state index contributed by atoms with van der Waals surface area (Å²) in [6, 6.07) is 12.9. The largest absolute Gasteiger partial charge is 0.382 e. The Morgan fingerprint density at radius 2 is 1.93 bits per heavy atom. The average Bonchev–Trinajstić information content (AvgIpc) is 3.33. The van der Waals surface area contributed by atoms with E-state index in [1.54, 1.807) is 29.2 Å². The molecular weight excluding hydrogens is 350 g/mol. The zero-order valence-electron chi connectivity index (χ0n) is 14.8. The van der Waals surface area contributed by atoms with Crippen LogP contribution >= 0.6 is 0 Å². The van der Waals surface area contributed by atoms with Crippen LogP contribution < -0.4 is 0 Å². The normalized spacial score (nSPS) is 21.9. The Morgan fingerprint density at radius 1 is 1.15 bits per heavy atom. The number of hydrogen-bond donors (Lipinski definition) is 0. The number of benzene rings is 2. The fraction of sp³-hybridized carbons (Fsp3) is 0.333. The Hall–Kier alpha value is -2.76. The van der Waals surface area contributed by atoms with E-state index in [1.165, 1.54) is 18.2 Å². The lowest BCUT2D eigenvalue weighted by Gasteiger charge is -2.19. The van der Waals surface area contributed by atoms with Crippen molar-refractivity contribution in [1.29, 1.82) is 0 Å². The summed E-state index contributed by atoms with van der Waals surface area (Å²) in [4.78, 5) is 19.8. The van der Waals surface area contributed by atoms with Crippen LogP contribution in [0, 0.1) is 11.6 Å². The first-order valence-corrected chi connectivity index (χ1v) is 9.09. The molecule has 6 heteroatoms. The minimum Gasteiger partial charge on any atom is -0.382 e. The van der Waals surface area contributed by atoms with E-state index in [4.69, 9.17) is 4.84 Å². The number of amides is 1. The minimum absolute atomic E-state index is 0.0103. The molecule has 0 aliphatic carbocycles. The third kappa shape index (κ3) is 3.84. The van der Waals surface area contributed by atoms with Crippen LogP contribution in [0.4, 0.5) is 8.78 Å². The molecule has 1 saturated heterocycles. The number of oxime groups is 1. The van der Waals surface area contributed by atoms with Crippen LogP contribution in [-0.2, 0) is 16.1 Å². The highest BCUT2D eigenvalue weighted by atomic mass is 19.1. The Morgan fingerprint density at radius 3 is 2.70 bits per heavy atom. The van der Waals surface area contributed by atoms with Gasteiger partial charge in [0.2, 0.25) is 6.10 Å². The molecule has 2 atom stereocenters. The molecule has 0 N–H and O–H groups in total. The van der Waals surface area contributed by atoms with Gasteiger partial charge in [-0.1, -0.05) is 35.5 Å². The van der Waals surface area contributed by atoms with Gasteiger partial charge >= 0.3 is 0 Å². The van der Waals surface area contributed by atoms with Crippen molar-refractivity contribution in [2.45, 2.75) is 31.3 Å². The van der Waals surface area contributed by atoms with Crippen molar-refractivity contribution in [3.63, 3.8) is 0 Å². The number of rotatable bonds is 4. The molecule has 1 amide bonds. The lowest BCUT2D eigenvalue weighted by atomic mass is 9.98. The van der Waals surface area contributed by atoms with Gasteiger partial charge in [0.25, 0.3) is 5.91 Å². The van der Waals surface area contributed by atoms with Crippen molar-refractivity contribution < 1.29 is 18.4 Å². The van der Waals surface area contributed by atoms with Crippen molar-refractivity contribution >= 4 is 11.6 Å². The SMILES string of the molecule is O=C([C@@H]1CC(Cc2ccc(F)cc2)=NO1)N1CC[C@@H](c2ccccc2F)C1. The van der Waals surface area contributed by atoms with Gasteiger partial charge in [-0.05, 0) is 35.7 Å². The van der Waals surface area contributed by atoms with Gasteiger partial charge in [-0.15, -0.1) is 0 Å². The summed E-state index contributed by atoms with van der Waals surface area (Å²) in [5.41, 5.74) is 2.35. The van der Waals surface area contributed by atoms with Gasteiger partial charge in [-0.25, -0.2) is 8.78 Å². The first-order chi connectivity index (χ1) is 13.1. The highest BCUT2D eigenvalue weighted by Gasteiger charge is 2.36. The molecule has 27 heavy (non-hydrogen) atoms. The molecular formula is C21H20F2N2O2. The quantitative estimate of drug-likeness (QED) is 0.824. The first kappa shape index (κ1) is 17.6. The average molecular weight is 370 g/mol. The number of nitrogens with zero attached hydrogens (tertiary/aromatic N) is 2. The van der Waals surface area contributed by atoms with Gasteiger partial charge in [0.15, 0.2) is 0 Å². The van der Waals surface area contributed by atoms with E-state index in [-0.39, 0.29) is 23.5 Å². The number of likely N-dealkylation sites (tertiary alicyclic amines) is 1. The van der Waals surface area contributed by atoms with Crippen LogP contribution in [0.5, 0.6) is 0 Å². The molecule has 4 rings (SSSR count). The molecule has 0 aromatic heterocycles. The molecule has 0 radical (unpaired) electrons. The van der Waals surface area contributed by atoms with Crippen LogP contribution in [0.15, 0.2) is 53.7 Å². The third-order valence-electron chi connectivity index (χ3n) is 5.17. The number of carbonyl (C=O) groups excluding carboxylic acids is 1. The summed E-state index contributed by atoms with van der Waals surface area (Å²) in [5, 5.41) is 4.03. The molecule has 2 aromatic rings. The zero-order chi connectivity index (χ0) is 18.8. The maximum Gasteiger partial charge on any atom is 0.266 e. The molecule has 1 fully saturated rings. The second kappa shape index (κ2) is 7.47. The van der Waals surface area contributed by atoms with E-state index >= 15 is 0 Å². The summed E-state index contributed by atoms with van der Waals surface area (Å²) in [5.74, 6) is -0.600. The predicted molar refractivity (Wildman–Crippen MR) is 97.4 cm³/mol. The Bertz CT molecular complexity index is 867. The van der Waals surface area contributed by atoms with E-state index < -0.39 is 6.10 Å². The molecule has 2 heterocycles. The molecule has 0 unspecified atom stereocenters. The van der Waals surface area contributed by atoms with E-state index in [0.29, 0.717) is 31.5 Å². The topological polar surface area (TPSA) is 41.9 Å². The van der Waals surface area contributed by atoms with Crippen molar-refractivity contribution in [3.05, 3.63) is 71.3 Å². The van der Waals surface area contributed by atoms with E-state index in [0.717, 1.165) is 17.7 Å². The first-order valence-electron chi connectivity index (χ1n) is 9.09. The van der Waals surface area contributed by atoms with Gasteiger partial charge in [-0.2, -0.15) is 0 Å². The lowest BCUT2D eigenvalue weighted by Crippen LogP contribution is -2.37. The molecule has 0 bridgehead atoms. The third-order valence-corrected chi connectivity index (χ3v) is 5.17. The second-order valence-corrected chi connectivity index (χ2v) is 7.05. The number of halogens is 2. The smallest absolute Gasteiger partial charge is 0.266 e. The van der Waals surface area contributed by atoms with Gasteiger partial charge in [0, 0.05) is 31.8 Å². The summed E-state index contributed by atoms with van der Waals surface area (Å²) in [7, 11) is 0. The van der Waals surface area contributed by atoms with Gasteiger partial charge in [-0.3, -0.25) is 4.79 Å². The van der Waals surface area contributed by atoms with E-state index in [1.807, 2.05) is 6.07 Å². The fourth-order valence-corrected chi connectivity index (χ4v) is 3.73. The summed E-state index contributed by atoms with van der Waals surface area (Å²) in [6.45, 7) is 1.08. The van der Waals surface area contributed by atoms with Crippen LogP contribution in [0.2, 0.25) is 0 Å². The van der Waals surface area contributed by atoms with Crippen LogP contribution in [0.3, 0.4) is 0 Å². The fourth-order valence-electron chi connectivity index (χ4n) is 3.73. The maximum atomic E-state index is 14.0. The van der Waals surface area contributed by atoms with Gasteiger partial charge in [0.05, 0.1) is 5.71 Å². The standard InChI is InChI=1S/C21H20F2N2O2/c22-16-7-5-14(6-8-16)11-17-12-20(27-24-17)21(26)25-10-9-15(13-25)18-3-1-2-4-19(18)23/h1-8,15,20H,9-13H2/t15-,20+/m1/s1. The molecule has 2 aliphatic rings. The van der Waals surface area contributed by atoms with Gasteiger partial charge in [0.1, 0.15) is 11.6 Å². The Labute approximate surface area is 156 Å². The maximum absolute atomic E-state index is 14.0. The van der Waals surface area contributed by atoms with Crippen molar-refractivity contribution in [2.75, 3.05) is 13.1 Å². The molecule has 0 spiro atoms. The molecule has 4 nitrogen and oxygen atoms in total. The number of carbonyl (C=O) groups is 1. The number of hydrogen-bond acceptors (Lipinski definition) is 3. The van der Waals surface area contributed by atoms with Crippen LogP contribution in [0.1, 0.15) is 29.9 Å². The van der Waals surface area contributed by atoms with Crippen LogP contribution in [0.25, 0.3) is 0 Å². The van der Waals surface area contributed by atoms with E-state index in [9.17, 15) is 13.6 Å². The second-order valence-electron chi connectivity index (χ2n) is 7.05. The highest BCUT2D eigenvalue weighted by molar-refractivity contribution is 5.94. The van der Waals surface area contributed by atoms with Crippen LogP contribution in [-0.4, -0.2) is 35.7 Å². The summed E-state index contributed by atoms with van der Waals surface area (Å²) in [6.07, 6.45) is 1.07. The van der Waals surface area contributed by atoms with Gasteiger partial charge < -0.3 is 9.74 Å². The van der Waals surface area contributed by atoms with E-state index in [2.05, 4.69) is 5.16 Å². The predicted octanol–water partition coefficient (Wildman–Crippen LogP) is 3.67. The Balaban J connectivity index is 1.33. The van der Waals surface area contributed by atoms with Crippen molar-refractivity contribution in [3.8, 4) is 0 Å².